The average molecular weight is 234 g/mol. The van der Waals surface area contributed by atoms with Crippen LogP contribution in [-0.4, -0.2) is 18.3 Å². The molecule has 3 rings (SSSR count). The highest BCUT2D eigenvalue weighted by Gasteiger charge is 2.28. The molecule has 0 radical (unpaired) electrons. The second-order valence-electron chi connectivity index (χ2n) is 4.78. The Bertz CT molecular complexity index is 390. The minimum atomic E-state index is 0.0513. The number of phenols is 1. The van der Waals surface area contributed by atoms with Crippen LogP contribution in [0.25, 0.3) is 0 Å². The van der Waals surface area contributed by atoms with Gasteiger partial charge in [-0.2, -0.15) is 0 Å². The number of ether oxygens (including phenoxy) is 2. The Morgan fingerprint density at radius 2 is 1.71 bits per heavy atom. The number of hydrogen-bond acceptors (Lipinski definition) is 3. The molecule has 2 saturated heterocycles. The highest BCUT2D eigenvalue weighted by Crippen LogP contribution is 2.41. The summed E-state index contributed by atoms with van der Waals surface area (Å²) < 4.78 is 11.4. The van der Waals surface area contributed by atoms with E-state index in [2.05, 4.69) is 6.07 Å². The van der Waals surface area contributed by atoms with Crippen molar-refractivity contribution in [1.29, 1.82) is 0 Å². The van der Waals surface area contributed by atoms with E-state index in [0.717, 1.165) is 50.0 Å². The van der Waals surface area contributed by atoms with Crippen LogP contribution in [0.5, 0.6) is 5.75 Å². The number of phenolic OH excluding ortho intramolecular Hbond substituents is 1. The van der Waals surface area contributed by atoms with Gasteiger partial charge in [0.2, 0.25) is 0 Å². The van der Waals surface area contributed by atoms with Crippen molar-refractivity contribution in [3.05, 3.63) is 29.3 Å². The molecule has 1 aromatic rings. The molecule has 1 aromatic carbocycles. The van der Waals surface area contributed by atoms with E-state index in [1.54, 1.807) is 6.07 Å². The van der Waals surface area contributed by atoms with Crippen molar-refractivity contribution in [2.24, 2.45) is 0 Å². The predicted octanol–water partition coefficient (Wildman–Crippen LogP) is 3.10. The van der Waals surface area contributed by atoms with E-state index in [1.165, 1.54) is 0 Å². The van der Waals surface area contributed by atoms with Crippen LogP contribution in [0.15, 0.2) is 18.2 Å². The van der Waals surface area contributed by atoms with Crippen LogP contribution in [0.1, 0.15) is 49.0 Å². The number of hydrogen-bond donors (Lipinski definition) is 1. The number of rotatable bonds is 2. The van der Waals surface area contributed by atoms with E-state index < -0.39 is 0 Å². The number of aromatic hydroxyl groups is 1. The molecule has 3 nitrogen and oxygen atoms in total. The van der Waals surface area contributed by atoms with Crippen LogP contribution in [0.2, 0.25) is 0 Å². The summed E-state index contributed by atoms with van der Waals surface area (Å²) in [6.07, 6.45) is 4.41. The van der Waals surface area contributed by atoms with Gasteiger partial charge in [0, 0.05) is 18.8 Å². The Labute approximate surface area is 101 Å². The van der Waals surface area contributed by atoms with Crippen LogP contribution in [0.3, 0.4) is 0 Å². The first-order valence-corrected chi connectivity index (χ1v) is 6.41. The molecule has 3 heteroatoms. The summed E-state index contributed by atoms with van der Waals surface area (Å²) in [5, 5.41) is 10.1. The highest BCUT2D eigenvalue weighted by molar-refractivity contribution is 5.42. The van der Waals surface area contributed by atoms with Gasteiger partial charge in [-0.25, -0.2) is 0 Å². The van der Waals surface area contributed by atoms with Crippen LogP contribution >= 0.6 is 0 Å². The summed E-state index contributed by atoms with van der Waals surface area (Å²) in [6, 6.07) is 5.70. The van der Waals surface area contributed by atoms with Crippen molar-refractivity contribution in [3.63, 3.8) is 0 Å². The van der Waals surface area contributed by atoms with E-state index in [9.17, 15) is 5.11 Å². The van der Waals surface area contributed by atoms with Crippen LogP contribution < -0.4 is 0 Å². The predicted molar refractivity (Wildman–Crippen MR) is 64.0 cm³/mol. The molecule has 0 aromatic heterocycles. The van der Waals surface area contributed by atoms with Crippen molar-refractivity contribution < 1.29 is 14.6 Å². The Kier molecular flexibility index (Phi) is 3.04. The topological polar surface area (TPSA) is 38.7 Å². The first-order chi connectivity index (χ1) is 8.36. The molecule has 0 saturated carbocycles. The second kappa shape index (κ2) is 4.67. The molecule has 0 bridgehead atoms. The zero-order valence-corrected chi connectivity index (χ0v) is 9.89. The van der Waals surface area contributed by atoms with Gasteiger partial charge in [0.15, 0.2) is 0 Å². The first kappa shape index (κ1) is 11.1. The summed E-state index contributed by atoms with van der Waals surface area (Å²) >= 11 is 0. The molecule has 0 spiro atoms. The van der Waals surface area contributed by atoms with Gasteiger partial charge in [-0.1, -0.05) is 12.1 Å². The van der Waals surface area contributed by atoms with Gasteiger partial charge < -0.3 is 14.6 Å². The molecular formula is C14H18O3. The van der Waals surface area contributed by atoms with Gasteiger partial charge in [0.1, 0.15) is 5.75 Å². The molecule has 17 heavy (non-hydrogen) atoms. The SMILES string of the molecule is Oc1cccc(C2CCCO2)c1C1CCCO1. The molecule has 2 unspecified atom stereocenters. The summed E-state index contributed by atoms with van der Waals surface area (Å²) in [5.74, 6) is 0.352. The van der Waals surface area contributed by atoms with Crippen molar-refractivity contribution >= 4 is 0 Å². The Morgan fingerprint density at radius 1 is 1.00 bits per heavy atom. The lowest BCUT2D eigenvalue weighted by atomic mass is 9.94. The standard InChI is InChI=1S/C14H18O3/c15-11-5-1-4-10(12-6-2-8-16-12)14(11)13-7-3-9-17-13/h1,4-5,12-13,15H,2-3,6-9H2. The Hall–Kier alpha value is -1.06. The van der Waals surface area contributed by atoms with Crippen molar-refractivity contribution in [1.82, 2.24) is 0 Å². The van der Waals surface area contributed by atoms with Crippen LogP contribution in [0.4, 0.5) is 0 Å². The highest BCUT2D eigenvalue weighted by atomic mass is 16.5. The molecule has 92 valence electrons. The summed E-state index contributed by atoms with van der Waals surface area (Å²) in [4.78, 5) is 0. The van der Waals surface area contributed by atoms with E-state index in [0.29, 0.717) is 5.75 Å². The molecule has 0 amide bonds. The normalized spacial score (nSPS) is 28.7. The molecular weight excluding hydrogens is 216 g/mol. The summed E-state index contributed by atoms with van der Waals surface area (Å²) in [6.45, 7) is 1.62. The van der Waals surface area contributed by atoms with E-state index in [4.69, 9.17) is 9.47 Å². The van der Waals surface area contributed by atoms with Crippen LogP contribution in [0, 0.1) is 0 Å². The van der Waals surface area contributed by atoms with Gasteiger partial charge >= 0.3 is 0 Å². The largest absolute Gasteiger partial charge is 0.508 e. The van der Waals surface area contributed by atoms with Gasteiger partial charge in [0.05, 0.1) is 12.2 Å². The second-order valence-corrected chi connectivity index (χ2v) is 4.78. The fourth-order valence-electron chi connectivity index (χ4n) is 2.83. The zero-order chi connectivity index (χ0) is 11.7. The molecule has 2 aliphatic heterocycles. The molecule has 2 atom stereocenters. The van der Waals surface area contributed by atoms with Gasteiger partial charge in [0.25, 0.3) is 0 Å². The lowest BCUT2D eigenvalue weighted by Gasteiger charge is -2.20. The quantitative estimate of drug-likeness (QED) is 0.854. The maximum atomic E-state index is 10.1. The lowest BCUT2D eigenvalue weighted by molar-refractivity contribution is 0.0924. The van der Waals surface area contributed by atoms with Gasteiger partial charge in [-0.15, -0.1) is 0 Å². The van der Waals surface area contributed by atoms with Gasteiger partial charge in [-0.05, 0) is 37.3 Å². The van der Waals surface area contributed by atoms with Crippen molar-refractivity contribution in [3.8, 4) is 5.75 Å². The first-order valence-electron chi connectivity index (χ1n) is 6.41. The van der Waals surface area contributed by atoms with Crippen molar-refractivity contribution in [2.45, 2.75) is 37.9 Å². The third-order valence-electron chi connectivity index (χ3n) is 3.65. The van der Waals surface area contributed by atoms with E-state index in [1.807, 2.05) is 6.07 Å². The smallest absolute Gasteiger partial charge is 0.121 e. The maximum absolute atomic E-state index is 10.1. The maximum Gasteiger partial charge on any atom is 0.121 e. The molecule has 2 heterocycles. The summed E-state index contributed by atoms with van der Waals surface area (Å²) in [7, 11) is 0. The Morgan fingerprint density at radius 3 is 2.35 bits per heavy atom. The number of benzene rings is 1. The third-order valence-corrected chi connectivity index (χ3v) is 3.65. The third kappa shape index (κ3) is 2.05. The summed E-state index contributed by atoms with van der Waals surface area (Å²) in [5.41, 5.74) is 2.08. The lowest BCUT2D eigenvalue weighted by Crippen LogP contribution is -2.06. The minimum Gasteiger partial charge on any atom is -0.508 e. The molecule has 0 aliphatic carbocycles. The van der Waals surface area contributed by atoms with Crippen LogP contribution in [-0.2, 0) is 9.47 Å². The Balaban J connectivity index is 1.98. The molecule has 1 N–H and O–H groups in total. The fourth-order valence-corrected chi connectivity index (χ4v) is 2.83. The monoisotopic (exact) mass is 234 g/mol. The molecule has 2 fully saturated rings. The average Bonchev–Trinajstić information content (AvgIpc) is 3.02. The molecule has 2 aliphatic rings. The van der Waals surface area contributed by atoms with E-state index >= 15 is 0 Å². The minimum absolute atomic E-state index is 0.0513. The fraction of sp³-hybridized carbons (Fsp3) is 0.571. The van der Waals surface area contributed by atoms with Crippen molar-refractivity contribution in [2.75, 3.05) is 13.2 Å². The van der Waals surface area contributed by atoms with Gasteiger partial charge in [-0.3, -0.25) is 0 Å². The zero-order valence-electron chi connectivity index (χ0n) is 9.89. The van der Waals surface area contributed by atoms with E-state index in [-0.39, 0.29) is 12.2 Å².